The molecule has 1 saturated heterocycles. The molecule has 3 heterocycles. The number of amides is 2. The molecule has 26 heavy (non-hydrogen) atoms. The van der Waals surface area contributed by atoms with Gasteiger partial charge in [-0.3, -0.25) is 14.4 Å². The highest BCUT2D eigenvalue weighted by Crippen LogP contribution is 2.36. The summed E-state index contributed by atoms with van der Waals surface area (Å²) in [4.78, 5) is 39.5. The lowest BCUT2D eigenvalue weighted by Gasteiger charge is -2.46. The van der Waals surface area contributed by atoms with Gasteiger partial charge in [-0.1, -0.05) is 24.3 Å². The minimum absolute atomic E-state index is 0.136. The maximum Gasteiger partial charge on any atom is 0.273 e. The molecule has 7 heteroatoms. The van der Waals surface area contributed by atoms with E-state index in [4.69, 9.17) is 0 Å². The van der Waals surface area contributed by atoms with E-state index in [0.29, 0.717) is 24.2 Å². The van der Waals surface area contributed by atoms with Gasteiger partial charge in [-0.2, -0.15) is 0 Å². The largest absolute Gasteiger partial charge is 0.384 e. The highest BCUT2D eigenvalue weighted by atomic mass is 16.2. The van der Waals surface area contributed by atoms with Crippen LogP contribution in [0.2, 0.25) is 0 Å². The van der Waals surface area contributed by atoms with Gasteiger partial charge in [0, 0.05) is 33.3 Å². The van der Waals surface area contributed by atoms with E-state index < -0.39 is 6.04 Å². The molecule has 134 valence electrons. The number of carbonyl (C=O) groups is 2. The average Bonchev–Trinajstić information content (AvgIpc) is 2.65. The van der Waals surface area contributed by atoms with Gasteiger partial charge in [0.1, 0.15) is 11.7 Å². The van der Waals surface area contributed by atoms with E-state index in [2.05, 4.69) is 10.6 Å². The van der Waals surface area contributed by atoms with Crippen LogP contribution in [-0.4, -0.2) is 40.9 Å². The third-order valence-electron chi connectivity index (χ3n) is 5.21. The topological polar surface area (TPSA) is 83.4 Å². The van der Waals surface area contributed by atoms with Gasteiger partial charge in [-0.15, -0.1) is 0 Å². The SMILES string of the molecule is CNc1cc(C(=O)N2[C@H]3Cc4ccccc4[C@@H]2CNC3=O)cn(C)c1=O. The van der Waals surface area contributed by atoms with E-state index >= 15 is 0 Å². The Labute approximate surface area is 150 Å². The molecular formula is C19H20N4O3. The average molecular weight is 352 g/mol. The smallest absolute Gasteiger partial charge is 0.273 e. The number of rotatable bonds is 2. The standard InChI is InChI=1S/C19H20N4O3/c1-20-14-7-12(10-22(2)19(14)26)18(25)23-15-8-11-5-3-4-6-13(11)16(23)9-21-17(15)24/h3-7,10,15-16,20H,8-9H2,1-2H3,(H,21,24)/t15-,16-/m0/s1. The highest BCUT2D eigenvalue weighted by molar-refractivity contribution is 5.99. The van der Waals surface area contributed by atoms with Gasteiger partial charge in [0.25, 0.3) is 11.5 Å². The van der Waals surface area contributed by atoms with Gasteiger partial charge >= 0.3 is 0 Å². The molecule has 2 atom stereocenters. The van der Waals surface area contributed by atoms with Gasteiger partial charge in [-0.05, 0) is 17.2 Å². The molecule has 2 bridgehead atoms. The summed E-state index contributed by atoms with van der Waals surface area (Å²) in [7, 11) is 3.25. The van der Waals surface area contributed by atoms with Crippen molar-refractivity contribution >= 4 is 17.5 Å². The van der Waals surface area contributed by atoms with Gasteiger partial charge in [0.2, 0.25) is 5.91 Å². The lowest BCUT2D eigenvalue weighted by atomic mass is 9.85. The molecule has 1 aromatic heterocycles. The number of nitrogens with zero attached hydrogens (tertiary/aromatic N) is 2. The summed E-state index contributed by atoms with van der Waals surface area (Å²) < 4.78 is 1.38. The van der Waals surface area contributed by atoms with E-state index in [9.17, 15) is 14.4 Å². The second-order valence-electron chi connectivity index (χ2n) is 6.70. The van der Waals surface area contributed by atoms with Crippen LogP contribution < -0.4 is 16.2 Å². The summed E-state index contributed by atoms with van der Waals surface area (Å²) in [5, 5.41) is 5.73. The Balaban J connectivity index is 1.80. The Kier molecular flexibility index (Phi) is 3.79. The number of aromatic nitrogens is 1. The number of hydrogen-bond acceptors (Lipinski definition) is 4. The first-order chi connectivity index (χ1) is 12.5. The molecule has 0 saturated carbocycles. The molecular weight excluding hydrogens is 332 g/mol. The minimum Gasteiger partial charge on any atom is -0.384 e. The number of aryl methyl sites for hydroxylation is 1. The Morgan fingerprint density at radius 1 is 1.23 bits per heavy atom. The second kappa shape index (κ2) is 6.01. The van der Waals surface area contributed by atoms with E-state index in [-0.39, 0.29) is 23.4 Å². The van der Waals surface area contributed by atoms with Crippen LogP contribution in [0.15, 0.2) is 41.3 Å². The van der Waals surface area contributed by atoms with Crippen LogP contribution in [0.1, 0.15) is 27.5 Å². The van der Waals surface area contributed by atoms with Gasteiger partial charge < -0.3 is 20.1 Å². The predicted molar refractivity (Wildman–Crippen MR) is 97.1 cm³/mol. The number of fused-ring (bicyclic) bond motifs is 4. The first-order valence-corrected chi connectivity index (χ1v) is 8.58. The number of nitrogens with one attached hydrogen (secondary N) is 2. The van der Waals surface area contributed by atoms with Crippen molar-refractivity contribution in [2.24, 2.45) is 7.05 Å². The van der Waals surface area contributed by atoms with Crippen molar-refractivity contribution in [1.29, 1.82) is 0 Å². The molecule has 2 aromatic rings. The fourth-order valence-corrected chi connectivity index (χ4v) is 3.90. The van der Waals surface area contributed by atoms with Crippen LogP contribution in [0.25, 0.3) is 0 Å². The molecule has 0 aliphatic carbocycles. The summed E-state index contributed by atoms with van der Waals surface area (Å²) in [6, 6.07) is 8.74. The molecule has 0 spiro atoms. The van der Waals surface area contributed by atoms with Crippen molar-refractivity contribution in [2.75, 3.05) is 18.9 Å². The predicted octanol–water partition coefficient (Wildman–Crippen LogP) is 0.665. The molecule has 7 nitrogen and oxygen atoms in total. The zero-order valence-corrected chi connectivity index (χ0v) is 14.7. The lowest BCUT2D eigenvalue weighted by Crippen LogP contribution is -2.61. The quantitative estimate of drug-likeness (QED) is 0.832. The van der Waals surface area contributed by atoms with Crippen LogP contribution in [0.3, 0.4) is 0 Å². The number of anilines is 1. The molecule has 2 N–H and O–H groups in total. The molecule has 1 aromatic carbocycles. The summed E-state index contributed by atoms with van der Waals surface area (Å²) in [6.45, 7) is 0.392. The monoisotopic (exact) mass is 352 g/mol. The highest BCUT2D eigenvalue weighted by Gasteiger charge is 2.44. The van der Waals surface area contributed by atoms with Crippen molar-refractivity contribution in [3.8, 4) is 0 Å². The van der Waals surface area contributed by atoms with Crippen molar-refractivity contribution in [3.63, 3.8) is 0 Å². The fraction of sp³-hybridized carbons (Fsp3) is 0.316. The summed E-state index contributed by atoms with van der Waals surface area (Å²) in [6.07, 6.45) is 2.02. The van der Waals surface area contributed by atoms with Crippen LogP contribution in [0.5, 0.6) is 0 Å². The maximum atomic E-state index is 13.3. The van der Waals surface area contributed by atoms with Crippen LogP contribution >= 0.6 is 0 Å². The third kappa shape index (κ3) is 2.39. The van der Waals surface area contributed by atoms with Crippen LogP contribution in [0.4, 0.5) is 5.69 Å². The Bertz CT molecular complexity index is 965. The minimum atomic E-state index is -0.536. The first kappa shape index (κ1) is 16.4. The summed E-state index contributed by atoms with van der Waals surface area (Å²) in [5.41, 5.74) is 2.71. The molecule has 2 aliphatic rings. The molecule has 2 aliphatic heterocycles. The molecule has 1 fully saturated rings. The Morgan fingerprint density at radius 2 is 2.00 bits per heavy atom. The third-order valence-corrected chi connectivity index (χ3v) is 5.21. The number of pyridine rings is 1. The fourth-order valence-electron chi connectivity index (χ4n) is 3.90. The zero-order chi connectivity index (χ0) is 18.4. The van der Waals surface area contributed by atoms with Crippen molar-refractivity contribution < 1.29 is 9.59 Å². The van der Waals surface area contributed by atoms with Gasteiger partial charge in [0.15, 0.2) is 0 Å². The Morgan fingerprint density at radius 3 is 2.77 bits per heavy atom. The van der Waals surface area contributed by atoms with Crippen molar-refractivity contribution in [1.82, 2.24) is 14.8 Å². The zero-order valence-electron chi connectivity index (χ0n) is 14.7. The maximum absolute atomic E-state index is 13.3. The summed E-state index contributed by atoms with van der Waals surface area (Å²) >= 11 is 0. The number of carbonyl (C=O) groups excluding carboxylic acids is 2. The van der Waals surface area contributed by atoms with E-state index in [1.165, 1.54) is 10.8 Å². The number of hydrogen-bond donors (Lipinski definition) is 2. The number of piperazine rings is 1. The van der Waals surface area contributed by atoms with E-state index in [1.807, 2.05) is 24.3 Å². The van der Waals surface area contributed by atoms with Crippen LogP contribution in [-0.2, 0) is 18.3 Å². The second-order valence-corrected chi connectivity index (χ2v) is 6.70. The van der Waals surface area contributed by atoms with Gasteiger partial charge in [-0.25, -0.2) is 0 Å². The van der Waals surface area contributed by atoms with E-state index in [1.54, 1.807) is 25.1 Å². The number of benzene rings is 1. The molecule has 2 amide bonds. The van der Waals surface area contributed by atoms with E-state index in [0.717, 1.165) is 11.1 Å². The normalized spacial score (nSPS) is 21.0. The lowest BCUT2D eigenvalue weighted by molar-refractivity contribution is -0.130. The molecule has 4 rings (SSSR count). The molecule has 0 unspecified atom stereocenters. The summed E-state index contributed by atoms with van der Waals surface area (Å²) in [5.74, 6) is -0.376. The van der Waals surface area contributed by atoms with Crippen molar-refractivity contribution in [2.45, 2.75) is 18.5 Å². The van der Waals surface area contributed by atoms with Crippen molar-refractivity contribution in [3.05, 3.63) is 63.6 Å². The Hall–Kier alpha value is -3.09. The first-order valence-electron chi connectivity index (χ1n) is 8.58. The van der Waals surface area contributed by atoms with Crippen LogP contribution in [0, 0.1) is 0 Å². The molecule has 0 radical (unpaired) electrons. The van der Waals surface area contributed by atoms with Gasteiger partial charge in [0.05, 0.1) is 11.6 Å².